The highest BCUT2D eigenvalue weighted by molar-refractivity contribution is 6.30. The highest BCUT2D eigenvalue weighted by Crippen LogP contribution is 2.31. The Kier molecular flexibility index (Phi) is 6.04. The van der Waals surface area contributed by atoms with E-state index < -0.39 is 6.17 Å². The van der Waals surface area contributed by atoms with Crippen molar-refractivity contribution in [2.75, 3.05) is 16.0 Å². The summed E-state index contributed by atoms with van der Waals surface area (Å²) >= 11 is 6.46. The Morgan fingerprint density at radius 1 is 1.14 bits per heavy atom. The highest BCUT2D eigenvalue weighted by Gasteiger charge is 2.30. The number of benzene rings is 2. The average Bonchev–Trinajstić information content (AvgIpc) is 3.28. The summed E-state index contributed by atoms with van der Waals surface area (Å²) in [4.78, 5) is 19.6. The molecular formula is C24H23ClFN9. The lowest BCUT2D eigenvalue weighted by Gasteiger charge is -2.36. The second-order valence-electron chi connectivity index (χ2n) is 8.09. The van der Waals surface area contributed by atoms with Gasteiger partial charge in [-0.3, -0.25) is 9.67 Å². The smallest absolute Gasteiger partial charge is 0.188 e. The molecule has 0 amide bonds. The summed E-state index contributed by atoms with van der Waals surface area (Å²) in [5.74, 6) is 0.757. The standard InChI is InChI=1S/C24H23ClFN9/c1-3-17(31-22-20(21(27)28-12-29-22)23-30-13-34(2)33-23)24-32-18-9-6-7-15(25)14(18)11-35(24)19-10-5-4-8-16(19)26/h4-13,17,24H,3H2,1-2H3,(H3,27,28,29,31)/t17?,24-/m1/s1. The summed E-state index contributed by atoms with van der Waals surface area (Å²) in [5, 5.41) is 9.81. The summed E-state index contributed by atoms with van der Waals surface area (Å²) in [6, 6.07) is 11.8. The summed E-state index contributed by atoms with van der Waals surface area (Å²) in [6.45, 7) is 2.02. The second kappa shape index (κ2) is 9.30. The van der Waals surface area contributed by atoms with E-state index in [4.69, 9.17) is 22.3 Å². The van der Waals surface area contributed by atoms with Crippen molar-refractivity contribution in [3.8, 4) is 11.4 Å². The first-order valence-corrected chi connectivity index (χ1v) is 11.4. The molecule has 1 aliphatic heterocycles. The van der Waals surface area contributed by atoms with Crippen LogP contribution < -0.4 is 26.5 Å². The Morgan fingerprint density at radius 2 is 1.97 bits per heavy atom. The van der Waals surface area contributed by atoms with Gasteiger partial charge in [-0.1, -0.05) is 36.7 Å². The fourth-order valence-corrected chi connectivity index (χ4v) is 4.31. The molecule has 178 valence electrons. The van der Waals surface area contributed by atoms with Crippen LogP contribution >= 0.6 is 11.6 Å². The molecule has 0 spiro atoms. The predicted octanol–water partition coefficient (Wildman–Crippen LogP) is 2.74. The van der Waals surface area contributed by atoms with Gasteiger partial charge in [0.2, 0.25) is 0 Å². The minimum Gasteiger partial charge on any atom is -0.383 e. The van der Waals surface area contributed by atoms with E-state index in [1.807, 2.05) is 25.3 Å². The molecule has 0 radical (unpaired) electrons. The molecule has 1 unspecified atom stereocenters. The Morgan fingerprint density at radius 3 is 2.71 bits per heavy atom. The van der Waals surface area contributed by atoms with Gasteiger partial charge in [-0.05, 0) is 30.7 Å². The molecule has 35 heavy (non-hydrogen) atoms. The summed E-state index contributed by atoms with van der Waals surface area (Å²) in [7, 11) is 1.77. The molecule has 0 bridgehead atoms. The molecule has 0 saturated heterocycles. The van der Waals surface area contributed by atoms with Gasteiger partial charge < -0.3 is 16.0 Å². The number of anilines is 3. The SMILES string of the molecule is CCC(Nc1ncnc(N)c1-c1ncn(C)n1)[C@@H]1N=c2cccc(Cl)c2=CN1c1ccccc1F. The zero-order valence-corrected chi connectivity index (χ0v) is 19.9. The van der Waals surface area contributed by atoms with Gasteiger partial charge in [0, 0.05) is 18.5 Å². The van der Waals surface area contributed by atoms with Gasteiger partial charge in [-0.15, -0.1) is 0 Å². The number of halogens is 2. The van der Waals surface area contributed by atoms with Crippen molar-refractivity contribution in [3.63, 3.8) is 0 Å². The molecule has 0 aliphatic carbocycles. The van der Waals surface area contributed by atoms with Crippen LogP contribution in [0.25, 0.3) is 17.6 Å². The molecule has 2 atom stereocenters. The van der Waals surface area contributed by atoms with Gasteiger partial charge in [0.05, 0.1) is 22.1 Å². The van der Waals surface area contributed by atoms with Crippen LogP contribution in [0.4, 0.5) is 21.7 Å². The van der Waals surface area contributed by atoms with Crippen LogP contribution in [0.2, 0.25) is 5.02 Å². The number of hydrogen-bond acceptors (Lipinski definition) is 8. The van der Waals surface area contributed by atoms with Crippen molar-refractivity contribution in [2.24, 2.45) is 12.0 Å². The fraction of sp³-hybridized carbons (Fsp3) is 0.208. The zero-order chi connectivity index (χ0) is 24.5. The van der Waals surface area contributed by atoms with Gasteiger partial charge >= 0.3 is 0 Å². The molecule has 9 nitrogen and oxygen atoms in total. The first kappa shape index (κ1) is 22.7. The number of fused-ring (bicyclic) bond motifs is 1. The molecule has 2 aromatic carbocycles. The van der Waals surface area contributed by atoms with Crippen molar-refractivity contribution in [1.82, 2.24) is 24.7 Å². The van der Waals surface area contributed by atoms with E-state index in [9.17, 15) is 4.39 Å². The minimum absolute atomic E-state index is 0.249. The number of hydrogen-bond donors (Lipinski definition) is 2. The summed E-state index contributed by atoms with van der Waals surface area (Å²) in [5.41, 5.74) is 7.07. The van der Waals surface area contributed by atoms with Crippen LogP contribution in [0.15, 0.2) is 60.1 Å². The fourth-order valence-electron chi connectivity index (χ4n) is 4.09. The number of nitrogens with zero attached hydrogens (tertiary/aromatic N) is 7. The van der Waals surface area contributed by atoms with Crippen molar-refractivity contribution in [3.05, 3.63) is 76.5 Å². The topological polar surface area (TPSA) is 110 Å². The molecule has 0 saturated carbocycles. The number of aromatic nitrogens is 5. The van der Waals surface area contributed by atoms with Gasteiger partial charge in [0.25, 0.3) is 0 Å². The molecule has 5 rings (SSSR count). The largest absolute Gasteiger partial charge is 0.383 e. The molecular weight excluding hydrogens is 469 g/mol. The third-order valence-corrected chi connectivity index (χ3v) is 6.14. The van der Waals surface area contributed by atoms with E-state index in [0.29, 0.717) is 34.3 Å². The van der Waals surface area contributed by atoms with E-state index in [0.717, 1.165) is 10.6 Å². The quantitative estimate of drug-likeness (QED) is 0.426. The molecule has 1 aliphatic rings. The first-order valence-electron chi connectivity index (χ1n) is 11.1. The predicted molar refractivity (Wildman–Crippen MR) is 134 cm³/mol. The number of nitrogens with two attached hydrogens (primary N) is 1. The monoisotopic (exact) mass is 491 g/mol. The maximum absolute atomic E-state index is 14.9. The van der Waals surface area contributed by atoms with Crippen LogP contribution in [0.3, 0.4) is 0 Å². The third kappa shape index (κ3) is 4.28. The van der Waals surface area contributed by atoms with Crippen molar-refractivity contribution in [2.45, 2.75) is 25.6 Å². The summed E-state index contributed by atoms with van der Waals surface area (Å²) in [6.07, 6.45) is 4.93. The number of nitrogen functional groups attached to an aromatic ring is 1. The van der Waals surface area contributed by atoms with Gasteiger partial charge in [0.15, 0.2) is 5.82 Å². The first-order chi connectivity index (χ1) is 17.0. The molecule has 4 aromatic rings. The lowest BCUT2D eigenvalue weighted by Crippen LogP contribution is -2.50. The second-order valence-corrected chi connectivity index (χ2v) is 8.49. The van der Waals surface area contributed by atoms with Crippen LogP contribution in [-0.2, 0) is 7.05 Å². The molecule has 3 N–H and O–H groups in total. The van der Waals surface area contributed by atoms with Gasteiger partial charge in [0.1, 0.15) is 41.8 Å². The van der Waals surface area contributed by atoms with E-state index in [1.165, 1.54) is 12.4 Å². The average molecular weight is 492 g/mol. The Bertz CT molecular complexity index is 1500. The molecule has 3 heterocycles. The maximum atomic E-state index is 14.9. The molecule has 11 heteroatoms. The summed E-state index contributed by atoms with van der Waals surface area (Å²) < 4.78 is 16.5. The zero-order valence-electron chi connectivity index (χ0n) is 19.1. The Balaban J connectivity index is 1.62. The third-order valence-electron chi connectivity index (χ3n) is 5.81. The van der Waals surface area contributed by atoms with Crippen LogP contribution in [0.5, 0.6) is 0 Å². The van der Waals surface area contributed by atoms with E-state index >= 15 is 0 Å². The van der Waals surface area contributed by atoms with E-state index in [2.05, 4.69) is 25.4 Å². The van der Waals surface area contributed by atoms with Crippen LogP contribution in [0.1, 0.15) is 13.3 Å². The number of rotatable bonds is 6. The highest BCUT2D eigenvalue weighted by atomic mass is 35.5. The van der Waals surface area contributed by atoms with E-state index in [-0.39, 0.29) is 17.7 Å². The lowest BCUT2D eigenvalue weighted by atomic mass is 10.1. The maximum Gasteiger partial charge on any atom is 0.188 e. The number of nitrogens with one attached hydrogen (secondary N) is 1. The Hall–Kier alpha value is -4.05. The molecule has 2 aromatic heterocycles. The van der Waals surface area contributed by atoms with E-state index in [1.54, 1.807) is 47.2 Å². The van der Waals surface area contributed by atoms with Gasteiger partial charge in [-0.2, -0.15) is 5.10 Å². The van der Waals surface area contributed by atoms with Crippen LogP contribution in [-0.4, -0.2) is 36.9 Å². The minimum atomic E-state index is -0.511. The van der Waals surface area contributed by atoms with Crippen molar-refractivity contribution in [1.29, 1.82) is 0 Å². The van der Waals surface area contributed by atoms with Crippen molar-refractivity contribution >= 4 is 35.1 Å². The normalized spacial score (nSPS) is 15.7. The lowest BCUT2D eigenvalue weighted by molar-refractivity contribution is 0.528. The van der Waals surface area contributed by atoms with Crippen LogP contribution in [0, 0.1) is 5.82 Å². The number of para-hydroxylation sites is 1. The number of aryl methyl sites for hydroxylation is 1. The van der Waals surface area contributed by atoms with Crippen molar-refractivity contribution < 1.29 is 4.39 Å². The molecule has 0 fully saturated rings. The Labute approximate surface area is 205 Å². The van der Waals surface area contributed by atoms with Gasteiger partial charge in [-0.25, -0.2) is 19.3 Å².